The van der Waals surface area contributed by atoms with E-state index in [1.807, 2.05) is 6.07 Å². The largest absolute Gasteiger partial charge is 0.353 e. The molecular weight excluding hydrogens is 265 g/mol. The maximum absolute atomic E-state index is 5.83. The van der Waals surface area contributed by atoms with E-state index in [4.69, 9.17) is 11.6 Å². The number of pyridine rings is 1. The summed E-state index contributed by atoms with van der Waals surface area (Å²) in [6, 6.07) is 1.88. The first-order valence-corrected chi connectivity index (χ1v) is 5.71. The van der Waals surface area contributed by atoms with Gasteiger partial charge in [0.15, 0.2) is 0 Å². The van der Waals surface area contributed by atoms with Crippen molar-refractivity contribution in [2.45, 2.75) is 0 Å². The number of piperazine rings is 1. The van der Waals surface area contributed by atoms with Gasteiger partial charge in [-0.05, 0) is 22.0 Å². The maximum Gasteiger partial charge on any atom is 0.143 e. The summed E-state index contributed by atoms with van der Waals surface area (Å²) in [6.07, 6.45) is 1.68. The third kappa shape index (κ3) is 2.19. The van der Waals surface area contributed by atoms with Crippen LogP contribution in [0.5, 0.6) is 0 Å². The molecular formula is C9H11BrClN3. The van der Waals surface area contributed by atoms with E-state index in [9.17, 15) is 0 Å². The van der Waals surface area contributed by atoms with Crippen molar-refractivity contribution >= 4 is 33.3 Å². The van der Waals surface area contributed by atoms with Crippen LogP contribution in [0.25, 0.3) is 0 Å². The first-order chi connectivity index (χ1) is 6.77. The first-order valence-electron chi connectivity index (χ1n) is 4.54. The molecule has 0 amide bonds. The van der Waals surface area contributed by atoms with Gasteiger partial charge in [-0.15, -0.1) is 0 Å². The van der Waals surface area contributed by atoms with E-state index in [1.54, 1.807) is 6.20 Å². The highest BCUT2D eigenvalue weighted by molar-refractivity contribution is 9.10. The molecule has 5 heteroatoms. The lowest BCUT2D eigenvalue weighted by atomic mass is 10.3. The fraction of sp³-hybridized carbons (Fsp3) is 0.444. The molecule has 0 spiro atoms. The molecule has 1 fully saturated rings. The van der Waals surface area contributed by atoms with Gasteiger partial charge in [0.25, 0.3) is 0 Å². The van der Waals surface area contributed by atoms with Crippen LogP contribution in [0.15, 0.2) is 16.7 Å². The second-order valence-corrected chi connectivity index (χ2v) is 4.49. The predicted molar refractivity (Wildman–Crippen MR) is 62.0 cm³/mol. The van der Waals surface area contributed by atoms with Crippen LogP contribution in [0, 0.1) is 0 Å². The minimum absolute atomic E-state index is 0.663. The van der Waals surface area contributed by atoms with Gasteiger partial charge in [-0.25, -0.2) is 4.98 Å². The fourth-order valence-corrected chi connectivity index (χ4v) is 2.41. The van der Waals surface area contributed by atoms with E-state index >= 15 is 0 Å². The van der Waals surface area contributed by atoms with Crippen LogP contribution in [0.3, 0.4) is 0 Å². The molecule has 14 heavy (non-hydrogen) atoms. The average molecular weight is 277 g/mol. The molecule has 0 atom stereocenters. The standard InChI is InChI=1S/C9H11BrClN3/c10-8-5-7(11)6-13-9(8)14-3-1-12-2-4-14/h5-6,12H,1-4H2. The number of nitrogens with one attached hydrogen (secondary N) is 1. The average Bonchev–Trinajstić information content (AvgIpc) is 2.19. The number of nitrogens with zero attached hydrogens (tertiary/aromatic N) is 2. The van der Waals surface area contributed by atoms with Crippen LogP contribution < -0.4 is 10.2 Å². The first kappa shape index (κ1) is 10.2. The predicted octanol–water partition coefficient (Wildman–Crippen LogP) is 1.91. The minimum Gasteiger partial charge on any atom is -0.353 e. The number of aromatic nitrogens is 1. The molecule has 0 unspecified atom stereocenters. The quantitative estimate of drug-likeness (QED) is 0.849. The molecule has 76 valence electrons. The van der Waals surface area contributed by atoms with Gasteiger partial charge in [0, 0.05) is 32.4 Å². The van der Waals surface area contributed by atoms with Gasteiger partial charge in [-0.1, -0.05) is 11.6 Å². The molecule has 1 aromatic rings. The SMILES string of the molecule is Clc1cnc(N2CCNCC2)c(Br)c1. The summed E-state index contributed by atoms with van der Waals surface area (Å²) >= 11 is 9.31. The highest BCUT2D eigenvalue weighted by Crippen LogP contribution is 2.26. The van der Waals surface area contributed by atoms with Gasteiger partial charge in [-0.3, -0.25) is 0 Å². The van der Waals surface area contributed by atoms with Crippen LogP contribution in [0.1, 0.15) is 0 Å². The van der Waals surface area contributed by atoms with E-state index in [0.717, 1.165) is 36.5 Å². The van der Waals surface area contributed by atoms with Crippen LogP contribution in [-0.4, -0.2) is 31.2 Å². The number of halogens is 2. The molecule has 0 saturated carbocycles. The molecule has 1 aliphatic rings. The molecule has 0 radical (unpaired) electrons. The second-order valence-electron chi connectivity index (χ2n) is 3.20. The monoisotopic (exact) mass is 275 g/mol. The van der Waals surface area contributed by atoms with E-state index in [-0.39, 0.29) is 0 Å². The maximum atomic E-state index is 5.83. The van der Waals surface area contributed by atoms with E-state index in [0.29, 0.717) is 5.02 Å². The normalized spacial score (nSPS) is 17.1. The Balaban J connectivity index is 2.22. The van der Waals surface area contributed by atoms with Crippen molar-refractivity contribution in [2.24, 2.45) is 0 Å². The van der Waals surface area contributed by atoms with Crippen molar-refractivity contribution < 1.29 is 0 Å². The van der Waals surface area contributed by atoms with E-state index < -0.39 is 0 Å². The molecule has 0 bridgehead atoms. The van der Waals surface area contributed by atoms with Gasteiger partial charge in [0.05, 0.1) is 9.50 Å². The Kier molecular flexibility index (Phi) is 3.26. The molecule has 1 N–H and O–H groups in total. The highest BCUT2D eigenvalue weighted by atomic mass is 79.9. The van der Waals surface area contributed by atoms with Crippen molar-refractivity contribution in [3.8, 4) is 0 Å². The van der Waals surface area contributed by atoms with Gasteiger partial charge in [0.2, 0.25) is 0 Å². The lowest BCUT2D eigenvalue weighted by Gasteiger charge is -2.29. The Bertz CT molecular complexity index is 326. The Morgan fingerprint density at radius 2 is 2.14 bits per heavy atom. The molecule has 3 nitrogen and oxygen atoms in total. The third-order valence-corrected chi connectivity index (χ3v) is 3.00. The summed E-state index contributed by atoms with van der Waals surface area (Å²) in [5, 5.41) is 3.97. The molecule has 1 saturated heterocycles. The summed E-state index contributed by atoms with van der Waals surface area (Å²) in [5.41, 5.74) is 0. The number of hydrogen-bond donors (Lipinski definition) is 1. The highest BCUT2D eigenvalue weighted by Gasteiger charge is 2.14. The molecule has 2 heterocycles. The summed E-state index contributed by atoms with van der Waals surface area (Å²) in [5.74, 6) is 0.982. The number of anilines is 1. The second kappa shape index (κ2) is 4.47. The molecule has 0 aromatic carbocycles. The van der Waals surface area contributed by atoms with Crippen LogP contribution in [0.2, 0.25) is 5.02 Å². The number of hydrogen-bond acceptors (Lipinski definition) is 3. The lowest BCUT2D eigenvalue weighted by molar-refractivity contribution is 0.584. The summed E-state index contributed by atoms with van der Waals surface area (Å²) in [7, 11) is 0. The zero-order valence-electron chi connectivity index (χ0n) is 7.63. The smallest absolute Gasteiger partial charge is 0.143 e. The summed E-state index contributed by atoms with van der Waals surface area (Å²) < 4.78 is 0.965. The zero-order chi connectivity index (χ0) is 9.97. The summed E-state index contributed by atoms with van der Waals surface area (Å²) in [4.78, 5) is 6.57. The molecule has 1 aromatic heterocycles. The Labute approximate surface area is 96.6 Å². The summed E-state index contributed by atoms with van der Waals surface area (Å²) in [6.45, 7) is 4.01. The zero-order valence-corrected chi connectivity index (χ0v) is 9.98. The fourth-order valence-electron chi connectivity index (χ4n) is 1.52. The lowest BCUT2D eigenvalue weighted by Crippen LogP contribution is -2.44. The van der Waals surface area contributed by atoms with Gasteiger partial charge in [0.1, 0.15) is 5.82 Å². The van der Waals surface area contributed by atoms with Crippen molar-refractivity contribution in [3.05, 3.63) is 21.8 Å². The van der Waals surface area contributed by atoms with E-state index in [1.165, 1.54) is 0 Å². The van der Waals surface area contributed by atoms with Crippen molar-refractivity contribution in [1.82, 2.24) is 10.3 Å². The Hall–Kier alpha value is -0.320. The molecule has 1 aliphatic heterocycles. The van der Waals surface area contributed by atoms with Crippen LogP contribution >= 0.6 is 27.5 Å². The van der Waals surface area contributed by atoms with Crippen LogP contribution in [-0.2, 0) is 0 Å². The van der Waals surface area contributed by atoms with Crippen molar-refractivity contribution in [2.75, 3.05) is 31.1 Å². The van der Waals surface area contributed by atoms with Gasteiger partial charge >= 0.3 is 0 Å². The van der Waals surface area contributed by atoms with Crippen molar-refractivity contribution in [3.63, 3.8) is 0 Å². The van der Waals surface area contributed by atoms with Crippen molar-refractivity contribution in [1.29, 1.82) is 0 Å². The van der Waals surface area contributed by atoms with E-state index in [2.05, 4.69) is 31.1 Å². The molecule has 0 aliphatic carbocycles. The Morgan fingerprint density at radius 1 is 1.43 bits per heavy atom. The Morgan fingerprint density at radius 3 is 2.79 bits per heavy atom. The number of rotatable bonds is 1. The van der Waals surface area contributed by atoms with Crippen LogP contribution in [0.4, 0.5) is 5.82 Å². The third-order valence-electron chi connectivity index (χ3n) is 2.20. The minimum atomic E-state index is 0.663. The molecule has 2 rings (SSSR count). The van der Waals surface area contributed by atoms with Gasteiger partial charge in [-0.2, -0.15) is 0 Å². The topological polar surface area (TPSA) is 28.2 Å². The van der Waals surface area contributed by atoms with Gasteiger partial charge < -0.3 is 10.2 Å².